The zero-order chi connectivity index (χ0) is 9.80. The summed E-state index contributed by atoms with van der Waals surface area (Å²) in [6.45, 7) is 0. The smallest absolute Gasteiger partial charge is 0.115 e. The zero-order valence-corrected chi connectivity index (χ0v) is 7.77. The van der Waals surface area contributed by atoms with E-state index in [0.717, 1.165) is 12.0 Å². The third-order valence-electron chi connectivity index (χ3n) is 2.10. The Kier molecular flexibility index (Phi) is 2.50. The molecule has 0 amide bonds. The van der Waals surface area contributed by atoms with Crippen LogP contribution in [0.4, 0.5) is 0 Å². The minimum absolute atomic E-state index is 0.311. The highest BCUT2D eigenvalue weighted by Crippen LogP contribution is 2.13. The fourth-order valence-corrected chi connectivity index (χ4v) is 1.37. The molecule has 2 aromatic rings. The molecule has 0 aliphatic heterocycles. The normalized spacial score (nSPS) is 10.0. The van der Waals surface area contributed by atoms with Gasteiger partial charge >= 0.3 is 0 Å². The SMILES string of the molecule is Oc1ccc(Cc2[c]cccc2)cc1. The number of phenols is 1. The predicted octanol–water partition coefficient (Wildman–Crippen LogP) is 2.78. The molecule has 1 heteroatoms. The van der Waals surface area contributed by atoms with Crippen LogP contribution in [0.1, 0.15) is 11.1 Å². The Morgan fingerprint density at radius 2 is 1.79 bits per heavy atom. The van der Waals surface area contributed by atoms with Crippen LogP contribution in [0.3, 0.4) is 0 Å². The van der Waals surface area contributed by atoms with Gasteiger partial charge in [0.05, 0.1) is 0 Å². The summed E-state index contributed by atoms with van der Waals surface area (Å²) in [7, 11) is 0. The second-order valence-electron chi connectivity index (χ2n) is 3.23. The molecule has 14 heavy (non-hydrogen) atoms. The standard InChI is InChI=1S/C13H11O/c14-13-8-6-12(7-9-13)10-11-4-2-1-3-5-11/h1-4,6-9,14H,10H2. The number of benzene rings is 2. The number of hydrogen-bond donors (Lipinski definition) is 1. The quantitative estimate of drug-likeness (QED) is 0.759. The number of rotatable bonds is 2. The Bertz CT molecular complexity index is 389. The van der Waals surface area contributed by atoms with Crippen LogP contribution in [-0.4, -0.2) is 5.11 Å². The lowest BCUT2D eigenvalue weighted by molar-refractivity contribution is 0.475. The van der Waals surface area contributed by atoms with E-state index in [4.69, 9.17) is 5.11 Å². The first-order valence-corrected chi connectivity index (χ1v) is 4.58. The molecule has 0 fully saturated rings. The number of phenolic OH excluding ortho intramolecular Hbond substituents is 1. The van der Waals surface area contributed by atoms with Gasteiger partial charge in [0.15, 0.2) is 0 Å². The topological polar surface area (TPSA) is 20.2 Å². The number of aromatic hydroxyl groups is 1. The van der Waals surface area contributed by atoms with Gasteiger partial charge in [-0.25, -0.2) is 0 Å². The van der Waals surface area contributed by atoms with Crippen molar-refractivity contribution < 1.29 is 5.11 Å². The first-order valence-electron chi connectivity index (χ1n) is 4.58. The highest BCUT2D eigenvalue weighted by molar-refractivity contribution is 5.30. The molecule has 1 N–H and O–H groups in total. The summed E-state index contributed by atoms with van der Waals surface area (Å²) in [6, 6.07) is 18.4. The van der Waals surface area contributed by atoms with E-state index in [1.807, 2.05) is 36.4 Å². The van der Waals surface area contributed by atoms with Gasteiger partial charge in [0.1, 0.15) is 5.75 Å². The molecule has 0 aliphatic rings. The fourth-order valence-electron chi connectivity index (χ4n) is 1.37. The molecule has 69 valence electrons. The molecule has 0 saturated heterocycles. The maximum absolute atomic E-state index is 9.11. The second-order valence-corrected chi connectivity index (χ2v) is 3.23. The van der Waals surface area contributed by atoms with Crippen molar-refractivity contribution >= 4 is 0 Å². The van der Waals surface area contributed by atoms with Crippen LogP contribution >= 0.6 is 0 Å². The van der Waals surface area contributed by atoms with Crippen LogP contribution in [0.2, 0.25) is 0 Å². The van der Waals surface area contributed by atoms with E-state index in [2.05, 4.69) is 6.07 Å². The highest BCUT2D eigenvalue weighted by Gasteiger charge is 1.95. The summed E-state index contributed by atoms with van der Waals surface area (Å²) in [6.07, 6.45) is 0.862. The summed E-state index contributed by atoms with van der Waals surface area (Å²) in [5.41, 5.74) is 2.35. The third kappa shape index (κ3) is 2.13. The lowest BCUT2D eigenvalue weighted by Crippen LogP contribution is -1.86. The van der Waals surface area contributed by atoms with Crippen molar-refractivity contribution in [1.82, 2.24) is 0 Å². The lowest BCUT2D eigenvalue weighted by Gasteiger charge is -2.00. The first-order chi connectivity index (χ1) is 6.84. The van der Waals surface area contributed by atoms with Crippen molar-refractivity contribution in [2.75, 3.05) is 0 Å². The molecule has 0 atom stereocenters. The number of hydrogen-bond acceptors (Lipinski definition) is 1. The molecule has 1 radical (unpaired) electrons. The van der Waals surface area contributed by atoms with Crippen molar-refractivity contribution in [2.24, 2.45) is 0 Å². The summed E-state index contributed by atoms with van der Waals surface area (Å²) in [5, 5.41) is 9.11. The van der Waals surface area contributed by atoms with Crippen LogP contribution < -0.4 is 0 Å². The molecule has 0 aromatic heterocycles. The molecule has 0 heterocycles. The van der Waals surface area contributed by atoms with E-state index < -0.39 is 0 Å². The molecule has 2 aromatic carbocycles. The average molecular weight is 183 g/mol. The predicted molar refractivity (Wildman–Crippen MR) is 56.2 cm³/mol. The highest BCUT2D eigenvalue weighted by atomic mass is 16.3. The molecule has 1 nitrogen and oxygen atoms in total. The van der Waals surface area contributed by atoms with Gasteiger partial charge in [0.25, 0.3) is 0 Å². The van der Waals surface area contributed by atoms with E-state index in [1.54, 1.807) is 12.1 Å². The Labute approximate surface area is 83.6 Å². The first kappa shape index (κ1) is 8.82. The van der Waals surface area contributed by atoms with Crippen molar-refractivity contribution in [3.63, 3.8) is 0 Å². The Balaban J connectivity index is 2.16. The molecule has 0 bridgehead atoms. The van der Waals surface area contributed by atoms with Crippen LogP contribution in [0.25, 0.3) is 0 Å². The molecule has 0 spiro atoms. The van der Waals surface area contributed by atoms with Gasteiger partial charge in [-0.2, -0.15) is 0 Å². The van der Waals surface area contributed by atoms with Crippen LogP contribution in [-0.2, 0) is 6.42 Å². The van der Waals surface area contributed by atoms with E-state index in [-0.39, 0.29) is 0 Å². The Hall–Kier alpha value is -1.76. The molecular formula is C13H11O. The monoisotopic (exact) mass is 183 g/mol. The van der Waals surface area contributed by atoms with Crippen molar-refractivity contribution in [1.29, 1.82) is 0 Å². The van der Waals surface area contributed by atoms with Gasteiger partial charge in [0, 0.05) is 0 Å². The minimum atomic E-state index is 0.311. The second kappa shape index (κ2) is 3.97. The Morgan fingerprint density at radius 3 is 2.43 bits per heavy atom. The summed E-state index contributed by atoms with van der Waals surface area (Å²) in [4.78, 5) is 0. The van der Waals surface area contributed by atoms with Gasteiger partial charge in [-0.15, -0.1) is 0 Å². The molecular weight excluding hydrogens is 172 g/mol. The molecule has 0 saturated carbocycles. The van der Waals surface area contributed by atoms with Gasteiger partial charge in [0.2, 0.25) is 0 Å². The summed E-state index contributed by atoms with van der Waals surface area (Å²) < 4.78 is 0. The van der Waals surface area contributed by atoms with Gasteiger partial charge in [-0.05, 0) is 35.7 Å². The fraction of sp³-hybridized carbons (Fsp3) is 0.0769. The van der Waals surface area contributed by atoms with E-state index in [9.17, 15) is 0 Å². The van der Waals surface area contributed by atoms with Crippen molar-refractivity contribution in [2.45, 2.75) is 6.42 Å². The van der Waals surface area contributed by atoms with Gasteiger partial charge < -0.3 is 5.11 Å². The van der Waals surface area contributed by atoms with Gasteiger partial charge in [-0.1, -0.05) is 36.4 Å². The van der Waals surface area contributed by atoms with E-state index in [0.29, 0.717) is 5.75 Å². The third-order valence-corrected chi connectivity index (χ3v) is 2.10. The lowest BCUT2D eigenvalue weighted by atomic mass is 10.1. The molecule has 2 rings (SSSR count). The molecule has 0 aliphatic carbocycles. The average Bonchev–Trinajstić information content (AvgIpc) is 2.23. The van der Waals surface area contributed by atoms with Crippen molar-refractivity contribution in [3.8, 4) is 5.75 Å². The van der Waals surface area contributed by atoms with Crippen LogP contribution in [0, 0.1) is 6.07 Å². The maximum atomic E-state index is 9.11. The van der Waals surface area contributed by atoms with Crippen LogP contribution in [0.5, 0.6) is 5.75 Å². The van der Waals surface area contributed by atoms with Crippen LogP contribution in [0.15, 0.2) is 48.5 Å². The molecule has 0 unspecified atom stereocenters. The largest absolute Gasteiger partial charge is 0.508 e. The van der Waals surface area contributed by atoms with Gasteiger partial charge in [-0.3, -0.25) is 0 Å². The summed E-state index contributed by atoms with van der Waals surface area (Å²) in [5.74, 6) is 0.311. The zero-order valence-electron chi connectivity index (χ0n) is 7.77. The Morgan fingerprint density at radius 1 is 1.00 bits per heavy atom. The summed E-state index contributed by atoms with van der Waals surface area (Å²) >= 11 is 0. The maximum Gasteiger partial charge on any atom is 0.115 e. The van der Waals surface area contributed by atoms with E-state index in [1.165, 1.54) is 5.56 Å². The van der Waals surface area contributed by atoms with Crippen molar-refractivity contribution in [3.05, 3.63) is 65.7 Å². The van der Waals surface area contributed by atoms with E-state index >= 15 is 0 Å². The minimum Gasteiger partial charge on any atom is -0.508 e.